The predicted octanol–water partition coefficient (Wildman–Crippen LogP) is 4.32. The van der Waals surface area contributed by atoms with Crippen molar-refractivity contribution in [1.29, 1.82) is 0 Å². The van der Waals surface area contributed by atoms with Crippen molar-refractivity contribution in [1.82, 2.24) is 20.5 Å². The standard InChI is InChI=1S/C25H25FN4O2.H2S/c1-3-25(32)28-14-23-21(26)10-19(13-27-23)17-6-4-16(5-7-17)15(2)24(31)12-20-11-22(30-29-20)18-8-9-18;/h3-7,10-11,13,15,18H,1,8-9,12,14H2,2H3,(H,28,32)(H,29,30);1H2/t15-;/m0./s1. The van der Waals surface area contributed by atoms with Gasteiger partial charge in [-0.05, 0) is 42.2 Å². The van der Waals surface area contributed by atoms with Crippen molar-refractivity contribution in [2.75, 3.05) is 0 Å². The van der Waals surface area contributed by atoms with E-state index in [1.54, 1.807) is 6.20 Å². The van der Waals surface area contributed by atoms with Crippen LogP contribution < -0.4 is 5.32 Å². The van der Waals surface area contributed by atoms with Gasteiger partial charge >= 0.3 is 0 Å². The third-order valence-corrected chi connectivity index (χ3v) is 5.77. The highest BCUT2D eigenvalue weighted by Crippen LogP contribution is 2.39. The highest BCUT2D eigenvalue weighted by molar-refractivity contribution is 7.59. The number of amides is 1. The molecule has 4 rings (SSSR count). The lowest BCUT2D eigenvalue weighted by molar-refractivity contribution is -0.119. The van der Waals surface area contributed by atoms with Crippen LogP contribution in [0.2, 0.25) is 0 Å². The number of aromatic nitrogens is 3. The molecule has 0 bridgehead atoms. The molecular weight excluding hydrogens is 439 g/mol. The number of Topliss-reactive ketones (excluding diaryl/α,β-unsaturated/α-hetero) is 1. The van der Waals surface area contributed by atoms with Gasteiger partial charge in [0.25, 0.3) is 0 Å². The Labute approximate surface area is 199 Å². The number of pyridine rings is 1. The monoisotopic (exact) mass is 466 g/mol. The first kappa shape index (κ1) is 24.4. The van der Waals surface area contributed by atoms with Gasteiger partial charge in [-0.15, -0.1) is 0 Å². The number of carbonyl (C=O) groups is 2. The highest BCUT2D eigenvalue weighted by atomic mass is 32.1. The molecule has 0 spiro atoms. The van der Waals surface area contributed by atoms with E-state index >= 15 is 0 Å². The number of aromatic amines is 1. The number of nitrogens with one attached hydrogen (secondary N) is 2. The second kappa shape index (κ2) is 10.6. The number of rotatable bonds is 9. The summed E-state index contributed by atoms with van der Waals surface area (Å²) in [4.78, 5) is 28.1. The molecule has 1 saturated carbocycles. The van der Waals surface area contributed by atoms with Crippen LogP contribution in [0.15, 0.2) is 55.3 Å². The highest BCUT2D eigenvalue weighted by Gasteiger charge is 2.26. The molecule has 1 atom stereocenters. The van der Waals surface area contributed by atoms with Crippen molar-refractivity contribution >= 4 is 25.2 Å². The molecular formula is C25H27FN4O2S. The van der Waals surface area contributed by atoms with E-state index in [1.807, 2.05) is 37.3 Å². The lowest BCUT2D eigenvalue weighted by Crippen LogP contribution is -2.21. The molecule has 1 aliphatic rings. The van der Waals surface area contributed by atoms with Gasteiger partial charge in [0.2, 0.25) is 5.91 Å². The molecule has 1 fully saturated rings. The van der Waals surface area contributed by atoms with E-state index in [2.05, 4.69) is 27.1 Å². The molecule has 3 aromatic rings. The van der Waals surface area contributed by atoms with Gasteiger partial charge in [-0.3, -0.25) is 19.7 Å². The first-order valence-electron chi connectivity index (χ1n) is 10.7. The van der Waals surface area contributed by atoms with Crippen molar-refractivity contribution in [2.24, 2.45) is 0 Å². The molecule has 8 heteroatoms. The van der Waals surface area contributed by atoms with Crippen LogP contribution in [-0.2, 0) is 22.6 Å². The van der Waals surface area contributed by atoms with Gasteiger partial charge < -0.3 is 5.32 Å². The Hall–Kier alpha value is -3.26. The van der Waals surface area contributed by atoms with Gasteiger partial charge in [0.1, 0.15) is 11.6 Å². The first-order chi connectivity index (χ1) is 15.4. The molecule has 0 saturated heterocycles. The normalized spacial score (nSPS) is 13.6. The summed E-state index contributed by atoms with van der Waals surface area (Å²) in [6.07, 6.45) is 5.36. The largest absolute Gasteiger partial charge is 0.347 e. The first-order valence-corrected chi connectivity index (χ1v) is 10.7. The summed E-state index contributed by atoms with van der Waals surface area (Å²) in [5.41, 5.74) is 4.38. The zero-order valence-electron chi connectivity index (χ0n) is 18.4. The molecule has 2 aromatic heterocycles. The van der Waals surface area contributed by atoms with Gasteiger partial charge in [-0.1, -0.05) is 37.8 Å². The number of benzene rings is 1. The quantitative estimate of drug-likeness (QED) is 0.460. The fraction of sp³-hybridized carbons (Fsp3) is 0.280. The van der Waals surface area contributed by atoms with E-state index < -0.39 is 5.82 Å². The fourth-order valence-corrected chi connectivity index (χ4v) is 3.55. The summed E-state index contributed by atoms with van der Waals surface area (Å²) in [5.74, 6) is -0.473. The van der Waals surface area contributed by atoms with Gasteiger partial charge in [0, 0.05) is 35.7 Å². The zero-order valence-corrected chi connectivity index (χ0v) is 19.4. The van der Waals surface area contributed by atoms with Crippen LogP contribution in [0.3, 0.4) is 0 Å². The minimum Gasteiger partial charge on any atom is -0.347 e. The van der Waals surface area contributed by atoms with E-state index in [9.17, 15) is 14.0 Å². The van der Waals surface area contributed by atoms with Gasteiger partial charge in [-0.2, -0.15) is 18.6 Å². The average Bonchev–Trinajstić information content (AvgIpc) is 3.56. The van der Waals surface area contributed by atoms with Crippen LogP contribution in [0.4, 0.5) is 4.39 Å². The Morgan fingerprint density at radius 1 is 1.24 bits per heavy atom. The molecule has 1 aromatic carbocycles. The maximum Gasteiger partial charge on any atom is 0.243 e. The van der Waals surface area contributed by atoms with Crippen molar-refractivity contribution in [2.45, 2.75) is 44.6 Å². The van der Waals surface area contributed by atoms with Gasteiger partial charge in [-0.25, -0.2) is 4.39 Å². The minimum atomic E-state index is -0.496. The maximum atomic E-state index is 14.4. The third kappa shape index (κ3) is 5.96. The fourth-order valence-electron chi connectivity index (χ4n) is 3.55. The Bertz CT molecular complexity index is 1160. The topological polar surface area (TPSA) is 87.7 Å². The summed E-state index contributed by atoms with van der Waals surface area (Å²) in [6, 6.07) is 10.9. The summed E-state index contributed by atoms with van der Waals surface area (Å²) in [7, 11) is 0. The SMILES string of the molecule is C=CC(=O)NCc1ncc(-c2ccc([C@H](C)C(=O)Cc3cc(C4CC4)n[nH]3)cc2)cc1F.S. The summed E-state index contributed by atoms with van der Waals surface area (Å²) in [6.45, 7) is 5.24. The number of hydrogen-bond donors (Lipinski definition) is 2. The van der Waals surface area contributed by atoms with Crippen LogP contribution in [0.1, 0.15) is 54.2 Å². The molecule has 2 N–H and O–H groups in total. The second-order valence-corrected chi connectivity index (χ2v) is 8.15. The Balaban J connectivity index is 0.00000306. The average molecular weight is 467 g/mol. The van der Waals surface area contributed by atoms with Crippen LogP contribution >= 0.6 is 13.5 Å². The molecule has 0 unspecified atom stereocenters. The number of carbonyl (C=O) groups excluding carboxylic acids is 2. The van der Waals surface area contributed by atoms with Crippen LogP contribution in [0.5, 0.6) is 0 Å². The van der Waals surface area contributed by atoms with Crippen molar-refractivity contribution in [3.05, 3.63) is 83.7 Å². The number of nitrogens with zero attached hydrogens (tertiary/aromatic N) is 2. The molecule has 6 nitrogen and oxygen atoms in total. The van der Waals surface area contributed by atoms with Crippen molar-refractivity contribution in [3.8, 4) is 11.1 Å². The van der Waals surface area contributed by atoms with Crippen LogP contribution in [0.25, 0.3) is 11.1 Å². The van der Waals surface area contributed by atoms with E-state index in [1.165, 1.54) is 18.9 Å². The van der Waals surface area contributed by atoms with Crippen molar-refractivity contribution < 1.29 is 14.0 Å². The molecule has 1 amide bonds. The van der Waals surface area contributed by atoms with Gasteiger partial charge in [0.15, 0.2) is 0 Å². The molecule has 33 heavy (non-hydrogen) atoms. The van der Waals surface area contributed by atoms with Gasteiger partial charge in [0.05, 0.1) is 17.9 Å². The smallest absolute Gasteiger partial charge is 0.243 e. The minimum absolute atomic E-state index is 0. The molecule has 172 valence electrons. The zero-order chi connectivity index (χ0) is 22.7. The molecule has 0 radical (unpaired) electrons. The van der Waals surface area contributed by atoms with Crippen molar-refractivity contribution in [3.63, 3.8) is 0 Å². The number of ketones is 1. The second-order valence-electron chi connectivity index (χ2n) is 8.15. The molecule has 2 heterocycles. The predicted molar refractivity (Wildman–Crippen MR) is 130 cm³/mol. The summed E-state index contributed by atoms with van der Waals surface area (Å²) < 4.78 is 14.4. The van der Waals surface area contributed by atoms with Crippen LogP contribution in [-0.4, -0.2) is 26.9 Å². The van der Waals surface area contributed by atoms with E-state index in [0.717, 1.165) is 28.6 Å². The van der Waals surface area contributed by atoms with E-state index in [-0.39, 0.29) is 43.3 Å². The van der Waals surface area contributed by atoms with E-state index in [0.29, 0.717) is 17.9 Å². The summed E-state index contributed by atoms with van der Waals surface area (Å²) in [5, 5.41) is 9.80. The molecule has 1 aliphatic carbocycles. The lowest BCUT2D eigenvalue weighted by Gasteiger charge is -2.12. The maximum absolute atomic E-state index is 14.4. The number of H-pyrrole nitrogens is 1. The Kier molecular flexibility index (Phi) is 7.81. The number of hydrogen-bond acceptors (Lipinski definition) is 4. The van der Waals surface area contributed by atoms with Crippen LogP contribution in [0, 0.1) is 5.82 Å². The Morgan fingerprint density at radius 2 is 1.97 bits per heavy atom. The Morgan fingerprint density at radius 3 is 2.61 bits per heavy atom. The summed E-state index contributed by atoms with van der Waals surface area (Å²) >= 11 is 0. The van der Waals surface area contributed by atoms with E-state index in [4.69, 9.17) is 0 Å². The third-order valence-electron chi connectivity index (χ3n) is 5.77. The molecule has 0 aliphatic heterocycles. The lowest BCUT2D eigenvalue weighted by atomic mass is 9.92. The number of halogens is 1.